The smallest absolute Gasteiger partial charge is 0.296 e. The van der Waals surface area contributed by atoms with Crippen LogP contribution in [0.2, 0.25) is 0 Å². The molecule has 18 heavy (non-hydrogen) atoms. The van der Waals surface area contributed by atoms with Crippen LogP contribution in [-0.2, 0) is 0 Å². The molecule has 0 radical (unpaired) electrons. The second-order valence-corrected chi connectivity index (χ2v) is 3.96. The van der Waals surface area contributed by atoms with E-state index in [4.69, 9.17) is 12.2 Å². The monoisotopic (exact) mass is 262 g/mol. The molecule has 0 aliphatic rings. The zero-order valence-corrected chi connectivity index (χ0v) is 10.3. The van der Waals surface area contributed by atoms with Crippen molar-refractivity contribution in [1.82, 2.24) is 14.9 Å². The molecule has 0 bridgehead atoms. The van der Waals surface area contributed by atoms with Crippen LogP contribution in [0.5, 0.6) is 5.75 Å². The van der Waals surface area contributed by atoms with Crippen LogP contribution in [0.3, 0.4) is 0 Å². The quantitative estimate of drug-likeness (QED) is 0.629. The van der Waals surface area contributed by atoms with Gasteiger partial charge in [-0.1, -0.05) is 12.1 Å². The summed E-state index contributed by atoms with van der Waals surface area (Å²) in [6.45, 7) is 1.56. The summed E-state index contributed by atoms with van der Waals surface area (Å²) in [4.78, 5) is 11.7. The summed E-state index contributed by atoms with van der Waals surface area (Å²) in [5.74, 6) is 0.127. The Kier molecular flexibility index (Phi) is 3.33. The van der Waals surface area contributed by atoms with Crippen LogP contribution in [0.15, 0.2) is 34.2 Å². The topological polar surface area (TPSA) is 83.3 Å². The minimum atomic E-state index is -0.379. The van der Waals surface area contributed by atoms with Gasteiger partial charge in [-0.15, -0.1) is 0 Å². The lowest BCUT2D eigenvalue weighted by molar-refractivity contribution is 0.475. The predicted octanol–water partition coefficient (Wildman–Crippen LogP) is 1.20. The molecule has 92 valence electrons. The Morgan fingerprint density at radius 3 is 3.06 bits per heavy atom. The highest BCUT2D eigenvalue weighted by Crippen LogP contribution is 2.08. The zero-order chi connectivity index (χ0) is 13.1. The van der Waals surface area contributed by atoms with Crippen LogP contribution >= 0.6 is 12.2 Å². The molecule has 0 spiro atoms. The zero-order valence-electron chi connectivity index (χ0n) is 9.49. The summed E-state index contributed by atoms with van der Waals surface area (Å²) in [5.41, 5.74) is 0.553. The first kappa shape index (κ1) is 12.2. The molecule has 0 aliphatic carbocycles. The first-order valence-corrected chi connectivity index (χ1v) is 5.50. The van der Waals surface area contributed by atoms with Gasteiger partial charge in [0.1, 0.15) is 11.4 Å². The highest BCUT2D eigenvalue weighted by Gasteiger charge is 2.00. The van der Waals surface area contributed by atoms with Crippen molar-refractivity contribution in [2.75, 3.05) is 0 Å². The Bertz CT molecular complexity index is 717. The van der Waals surface area contributed by atoms with E-state index >= 15 is 0 Å². The van der Waals surface area contributed by atoms with E-state index in [2.05, 4.69) is 15.3 Å². The molecule has 7 heteroatoms. The Labute approximate surface area is 107 Å². The van der Waals surface area contributed by atoms with E-state index in [0.29, 0.717) is 5.56 Å². The van der Waals surface area contributed by atoms with Gasteiger partial charge in [-0.05, 0) is 36.8 Å². The van der Waals surface area contributed by atoms with Gasteiger partial charge in [-0.3, -0.25) is 9.89 Å². The molecule has 0 aliphatic heterocycles. The lowest BCUT2D eigenvalue weighted by Gasteiger charge is -1.99. The summed E-state index contributed by atoms with van der Waals surface area (Å²) in [7, 11) is 0. The van der Waals surface area contributed by atoms with Crippen molar-refractivity contribution in [1.29, 1.82) is 0 Å². The highest BCUT2D eigenvalue weighted by atomic mass is 32.1. The Hall–Kier alpha value is -2.28. The molecule has 1 aromatic carbocycles. The van der Waals surface area contributed by atoms with Crippen molar-refractivity contribution >= 4 is 18.4 Å². The Balaban J connectivity index is 2.44. The summed E-state index contributed by atoms with van der Waals surface area (Å²) < 4.78 is 1.16. The maximum absolute atomic E-state index is 11.7. The molecular weight excluding hydrogens is 252 g/mol. The Morgan fingerprint density at radius 1 is 1.56 bits per heavy atom. The van der Waals surface area contributed by atoms with Crippen molar-refractivity contribution in [2.45, 2.75) is 6.92 Å². The van der Waals surface area contributed by atoms with Crippen molar-refractivity contribution in [3.8, 4) is 5.75 Å². The second-order valence-electron chi connectivity index (χ2n) is 3.57. The third-order valence-corrected chi connectivity index (χ3v) is 2.47. The predicted molar refractivity (Wildman–Crippen MR) is 69.5 cm³/mol. The number of hydrogen-bond donors (Lipinski definition) is 2. The van der Waals surface area contributed by atoms with Crippen molar-refractivity contribution in [3.63, 3.8) is 0 Å². The molecule has 0 unspecified atom stereocenters. The Morgan fingerprint density at radius 2 is 2.33 bits per heavy atom. The molecule has 0 amide bonds. The minimum absolute atomic E-state index is 0.113. The van der Waals surface area contributed by atoms with E-state index in [1.54, 1.807) is 25.1 Å². The molecule has 0 atom stereocenters. The van der Waals surface area contributed by atoms with Gasteiger partial charge in [0.15, 0.2) is 0 Å². The summed E-state index contributed by atoms with van der Waals surface area (Å²) in [6, 6.07) is 6.49. The molecule has 0 saturated heterocycles. The summed E-state index contributed by atoms with van der Waals surface area (Å²) in [6.07, 6.45) is 1.43. The number of hydrogen-bond acceptors (Lipinski definition) is 5. The molecule has 6 nitrogen and oxygen atoms in total. The van der Waals surface area contributed by atoms with Gasteiger partial charge in [-0.25, -0.2) is 0 Å². The third kappa shape index (κ3) is 2.51. The molecule has 1 heterocycles. The molecular formula is C11H10N4O2S. The van der Waals surface area contributed by atoms with E-state index in [0.717, 1.165) is 4.68 Å². The number of aromatic nitrogens is 3. The number of phenolic OH excluding ortho intramolecular Hbond substituents is 1. The standard InChI is InChI=1S/C11H10N4O2S/c1-7-10(17)15(11(18)14-13-7)12-6-8-3-2-4-9(16)5-8/h2-6,16H,1H3,(H,14,18)/b12-6-. The maximum atomic E-state index is 11.7. The van der Waals surface area contributed by atoms with Crippen LogP contribution in [0, 0.1) is 11.7 Å². The van der Waals surface area contributed by atoms with Gasteiger partial charge in [0.05, 0.1) is 6.21 Å². The van der Waals surface area contributed by atoms with Crippen molar-refractivity contribution in [3.05, 3.63) is 50.6 Å². The van der Waals surface area contributed by atoms with Crippen LogP contribution in [-0.4, -0.2) is 26.2 Å². The van der Waals surface area contributed by atoms with Gasteiger partial charge < -0.3 is 5.11 Å². The minimum Gasteiger partial charge on any atom is -0.508 e. The SMILES string of the molecule is Cc1n[nH]c(=S)n(/N=C\c2cccc(O)c2)c1=O. The van der Waals surface area contributed by atoms with Gasteiger partial charge in [0, 0.05) is 0 Å². The van der Waals surface area contributed by atoms with E-state index < -0.39 is 0 Å². The highest BCUT2D eigenvalue weighted by molar-refractivity contribution is 7.71. The van der Waals surface area contributed by atoms with E-state index in [-0.39, 0.29) is 21.8 Å². The second kappa shape index (κ2) is 4.92. The van der Waals surface area contributed by atoms with Crippen LogP contribution in [0.1, 0.15) is 11.3 Å². The third-order valence-electron chi connectivity index (χ3n) is 2.21. The average Bonchev–Trinajstić information content (AvgIpc) is 2.34. The first-order valence-electron chi connectivity index (χ1n) is 5.09. The van der Waals surface area contributed by atoms with Gasteiger partial charge in [-0.2, -0.15) is 14.9 Å². The van der Waals surface area contributed by atoms with Crippen LogP contribution in [0.4, 0.5) is 0 Å². The summed E-state index contributed by atoms with van der Waals surface area (Å²) >= 11 is 4.92. The van der Waals surface area contributed by atoms with Gasteiger partial charge in [0.25, 0.3) is 5.56 Å². The summed E-state index contributed by atoms with van der Waals surface area (Å²) in [5, 5.41) is 19.5. The fourth-order valence-corrected chi connectivity index (χ4v) is 1.48. The fraction of sp³-hybridized carbons (Fsp3) is 0.0909. The van der Waals surface area contributed by atoms with Gasteiger partial charge >= 0.3 is 0 Å². The van der Waals surface area contributed by atoms with Crippen molar-refractivity contribution < 1.29 is 5.11 Å². The molecule has 2 aromatic rings. The largest absolute Gasteiger partial charge is 0.508 e. The number of nitrogens with one attached hydrogen (secondary N) is 1. The fourth-order valence-electron chi connectivity index (χ4n) is 1.31. The van der Waals surface area contributed by atoms with E-state index in [1.165, 1.54) is 12.3 Å². The molecule has 2 N–H and O–H groups in total. The number of aromatic hydroxyl groups is 1. The number of aromatic amines is 1. The van der Waals surface area contributed by atoms with Gasteiger partial charge in [0.2, 0.25) is 4.77 Å². The lowest BCUT2D eigenvalue weighted by Crippen LogP contribution is -2.22. The molecule has 0 fully saturated rings. The number of nitrogens with zero attached hydrogens (tertiary/aromatic N) is 3. The number of aryl methyl sites for hydroxylation is 1. The number of H-pyrrole nitrogens is 1. The molecule has 0 saturated carbocycles. The number of benzene rings is 1. The van der Waals surface area contributed by atoms with E-state index in [9.17, 15) is 9.90 Å². The maximum Gasteiger partial charge on any atom is 0.296 e. The molecule has 2 rings (SSSR count). The number of rotatable bonds is 2. The first-order chi connectivity index (χ1) is 8.58. The van der Waals surface area contributed by atoms with Crippen molar-refractivity contribution in [2.24, 2.45) is 5.10 Å². The van der Waals surface area contributed by atoms with E-state index in [1.807, 2.05) is 0 Å². The normalized spacial score (nSPS) is 10.9. The molecule has 1 aromatic heterocycles. The average molecular weight is 262 g/mol. The number of phenols is 1. The van der Waals surface area contributed by atoms with Crippen LogP contribution < -0.4 is 5.56 Å². The van der Waals surface area contributed by atoms with Crippen LogP contribution in [0.25, 0.3) is 0 Å². The lowest BCUT2D eigenvalue weighted by atomic mass is 10.2.